The van der Waals surface area contributed by atoms with Crippen molar-refractivity contribution in [3.05, 3.63) is 47.9 Å². The number of carbonyl (C=O) groups excluding carboxylic acids is 2. The number of nitrogens with two attached hydrogens (primary N) is 1. The van der Waals surface area contributed by atoms with Gasteiger partial charge in [-0.15, -0.1) is 0 Å². The van der Waals surface area contributed by atoms with Crippen LogP contribution in [-0.4, -0.2) is 46.6 Å². The molecule has 30 heavy (non-hydrogen) atoms. The van der Waals surface area contributed by atoms with Gasteiger partial charge in [0.15, 0.2) is 11.9 Å². The Labute approximate surface area is 177 Å². The summed E-state index contributed by atoms with van der Waals surface area (Å²) in [6.07, 6.45) is 1.67. The number of unbranched alkanes of at least 4 members (excludes halogenated alkanes) is 1. The van der Waals surface area contributed by atoms with Gasteiger partial charge in [-0.1, -0.05) is 44.2 Å². The topological polar surface area (TPSA) is 139 Å². The van der Waals surface area contributed by atoms with E-state index in [9.17, 15) is 24.6 Å². The first kappa shape index (κ1) is 25.2. The van der Waals surface area contributed by atoms with Gasteiger partial charge in [-0.3, -0.25) is 9.59 Å². The summed E-state index contributed by atoms with van der Waals surface area (Å²) >= 11 is 0. The van der Waals surface area contributed by atoms with Gasteiger partial charge in [0.25, 0.3) is 0 Å². The molecular weight excluding hydrogens is 388 g/mol. The van der Waals surface area contributed by atoms with Crippen molar-refractivity contribution in [3.63, 3.8) is 0 Å². The second-order valence-corrected chi connectivity index (χ2v) is 7.39. The monoisotopic (exact) mass is 420 g/mol. The molecule has 0 spiro atoms. The smallest absolute Gasteiger partial charge is 0.344 e. The van der Waals surface area contributed by atoms with Crippen molar-refractivity contribution in [2.24, 2.45) is 11.7 Å². The molecule has 1 amide bonds. The minimum atomic E-state index is -1.20. The summed E-state index contributed by atoms with van der Waals surface area (Å²) < 4.78 is 5.09. The SMILES string of the molecule is CC(C)C(NC(=O)CCc1ccccc1)C(=O)C(O)=COC(CCCCN)C(=O)O. The van der Waals surface area contributed by atoms with E-state index in [0.29, 0.717) is 25.8 Å². The number of hydrogen-bond acceptors (Lipinski definition) is 6. The zero-order chi connectivity index (χ0) is 22.5. The number of carboxylic acid groups (broad SMARTS) is 1. The third-order valence-electron chi connectivity index (χ3n) is 4.54. The van der Waals surface area contributed by atoms with Crippen LogP contribution in [0.1, 0.15) is 45.1 Å². The standard InChI is InChI=1S/C22H32N2O6/c1-15(2)20(24-19(26)12-11-16-8-4-3-5-9-16)21(27)17(25)14-30-18(22(28)29)10-6-7-13-23/h3-5,8-9,14-15,18,20,25H,6-7,10-13,23H2,1-2H3,(H,24,26)(H,28,29). The van der Waals surface area contributed by atoms with Gasteiger partial charge in [0.1, 0.15) is 6.26 Å². The van der Waals surface area contributed by atoms with E-state index in [1.54, 1.807) is 13.8 Å². The van der Waals surface area contributed by atoms with E-state index in [1.807, 2.05) is 30.3 Å². The fraction of sp³-hybridized carbons (Fsp3) is 0.500. The van der Waals surface area contributed by atoms with Gasteiger partial charge in [-0.25, -0.2) is 4.79 Å². The summed E-state index contributed by atoms with van der Waals surface area (Å²) in [4.78, 5) is 36.1. The van der Waals surface area contributed by atoms with E-state index in [2.05, 4.69) is 5.32 Å². The number of aliphatic hydroxyl groups excluding tert-OH is 1. The van der Waals surface area contributed by atoms with Gasteiger partial charge in [0.05, 0.1) is 6.04 Å². The molecule has 0 radical (unpaired) electrons. The van der Waals surface area contributed by atoms with Crippen molar-refractivity contribution >= 4 is 17.7 Å². The number of ether oxygens (including phenoxy) is 1. The summed E-state index contributed by atoms with van der Waals surface area (Å²) in [6.45, 7) is 3.91. The van der Waals surface area contributed by atoms with Gasteiger partial charge >= 0.3 is 5.97 Å². The molecule has 8 heteroatoms. The molecule has 0 aliphatic rings. The molecule has 0 bridgehead atoms. The molecule has 1 rings (SSSR count). The highest BCUT2D eigenvalue weighted by molar-refractivity contribution is 5.99. The average molecular weight is 421 g/mol. The van der Waals surface area contributed by atoms with Crippen molar-refractivity contribution in [3.8, 4) is 0 Å². The summed E-state index contributed by atoms with van der Waals surface area (Å²) in [6, 6.07) is 8.54. The Kier molecular flexibility index (Phi) is 11.2. The van der Waals surface area contributed by atoms with Crippen LogP contribution in [0.15, 0.2) is 42.4 Å². The van der Waals surface area contributed by atoms with Crippen LogP contribution in [0.3, 0.4) is 0 Å². The average Bonchev–Trinajstić information content (AvgIpc) is 2.72. The number of carboxylic acids is 1. The molecule has 1 aromatic rings. The number of amides is 1. The fourth-order valence-corrected chi connectivity index (χ4v) is 2.77. The Morgan fingerprint density at radius 2 is 1.80 bits per heavy atom. The molecule has 0 heterocycles. The number of carbonyl (C=O) groups is 3. The van der Waals surface area contributed by atoms with Gasteiger partial charge < -0.3 is 26.0 Å². The number of ketones is 1. The Morgan fingerprint density at radius 1 is 1.13 bits per heavy atom. The first-order chi connectivity index (χ1) is 14.3. The Morgan fingerprint density at radius 3 is 2.37 bits per heavy atom. The first-order valence-electron chi connectivity index (χ1n) is 10.1. The normalized spacial score (nSPS) is 13.5. The van der Waals surface area contributed by atoms with E-state index in [-0.39, 0.29) is 24.7 Å². The van der Waals surface area contributed by atoms with Crippen LogP contribution in [-0.2, 0) is 25.5 Å². The third-order valence-corrected chi connectivity index (χ3v) is 4.54. The van der Waals surface area contributed by atoms with Crippen LogP contribution in [0.2, 0.25) is 0 Å². The lowest BCUT2D eigenvalue weighted by molar-refractivity contribution is -0.147. The first-order valence-corrected chi connectivity index (χ1v) is 10.1. The maximum absolute atomic E-state index is 12.6. The Hall–Kier alpha value is -2.87. The van der Waals surface area contributed by atoms with E-state index in [1.165, 1.54) is 0 Å². The van der Waals surface area contributed by atoms with Crippen molar-refractivity contribution in [2.45, 2.75) is 58.1 Å². The molecule has 0 aliphatic heterocycles. The zero-order valence-corrected chi connectivity index (χ0v) is 17.5. The van der Waals surface area contributed by atoms with Crippen molar-refractivity contribution in [2.75, 3.05) is 6.54 Å². The predicted molar refractivity (Wildman–Crippen MR) is 113 cm³/mol. The second kappa shape index (κ2) is 13.4. The lowest BCUT2D eigenvalue weighted by Crippen LogP contribution is -2.45. The van der Waals surface area contributed by atoms with Crippen LogP contribution < -0.4 is 11.1 Å². The Balaban J connectivity index is 2.68. The molecule has 2 atom stereocenters. The summed E-state index contributed by atoms with van der Waals surface area (Å²) in [5.74, 6) is -3.26. The van der Waals surface area contributed by atoms with Crippen LogP contribution in [0.5, 0.6) is 0 Å². The number of Topliss-reactive ketones (excluding diaryl/α,β-unsaturated/α-hetero) is 1. The molecular formula is C22H32N2O6. The van der Waals surface area contributed by atoms with Gasteiger partial charge in [-0.2, -0.15) is 0 Å². The number of rotatable bonds is 14. The largest absolute Gasteiger partial charge is 0.502 e. The number of aliphatic carboxylic acids is 1. The van der Waals surface area contributed by atoms with E-state index < -0.39 is 29.7 Å². The van der Waals surface area contributed by atoms with Crippen molar-refractivity contribution < 1.29 is 29.3 Å². The van der Waals surface area contributed by atoms with E-state index in [4.69, 9.17) is 10.5 Å². The summed E-state index contributed by atoms with van der Waals surface area (Å²) in [5.41, 5.74) is 6.39. The van der Waals surface area contributed by atoms with Crippen LogP contribution in [0.25, 0.3) is 0 Å². The molecule has 2 unspecified atom stereocenters. The lowest BCUT2D eigenvalue weighted by atomic mass is 9.98. The lowest BCUT2D eigenvalue weighted by Gasteiger charge is -2.21. The maximum atomic E-state index is 12.6. The highest BCUT2D eigenvalue weighted by Gasteiger charge is 2.28. The van der Waals surface area contributed by atoms with Crippen molar-refractivity contribution in [1.82, 2.24) is 5.32 Å². The zero-order valence-electron chi connectivity index (χ0n) is 17.5. The predicted octanol–water partition coefficient (Wildman–Crippen LogP) is 2.33. The number of aryl methyl sites for hydroxylation is 1. The Bertz CT molecular complexity index is 718. The molecule has 0 fully saturated rings. The second-order valence-electron chi connectivity index (χ2n) is 7.39. The van der Waals surface area contributed by atoms with Crippen LogP contribution in [0, 0.1) is 5.92 Å². The molecule has 166 valence electrons. The molecule has 5 N–H and O–H groups in total. The third kappa shape index (κ3) is 9.09. The number of aliphatic hydroxyl groups is 1. The van der Waals surface area contributed by atoms with E-state index >= 15 is 0 Å². The molecule has 1 aromatic carbocycles. The van der Waals surface area contributed by atoms with Gasteiger partial charge in [0.2, 0.25) is 11.7 Å². The van der Waals surface area contributed by atoms with E-state index in [0.717, 1.165) is 11.8 Å². The minimum Gasteiger partial charge on any atom is -0.502 e. The van der Waals surface area contributed by atoms with Crippen LogP contribution in [0.4, 0.5) is 0 Å². The molecule has 0 aromatic heterocycles. The van der Waals surface area contributed by atoms with Gasteiger partial charge in [-0.05, 0) is 43.7 Å². The molecule has 0 aliphatic carbocycles. The number of benzene rings is 1. The number of hydrogen-bond donors (Lipinski definition) is 4. The molecule has 0 saturated carbocycles. The van der Waals surface area contributed by atoms with Crippen molar-refractivity contribution in [1.29, 1.82) is 0 Å². The quantitative estimate of drug-likeness (QED) is 0.206. The molecule has 8 nitrogen and oxygen atoms in total. The highest BCUT2D eigenvalue weighted by atomic mass is 16.5. The van der Waals surface area contributed by atoms with Crippen LogP contribution >= 0.6 is 0 Å². The minimum absolute atomic E-state index is 0.198. The summed E-state index contributed by atoms with van der Waals surface area (Å²) in [7, 11) is 0. The highest BCUT2D eigenvalue weighted by Crippen LogP contribution is 2.12. The molecule has 0 saturated heterocycles. The summed E-state index contributed by atoms with van der Waals surface area (Å²) in [5, 5.41) is 21.9. The number of nitrogens with one attached hydrogen (secondary N) is 1. The fourth-order valence-electron chi connectivity index (χ4n) is 2.77. The van der Waals surface area contributed by atoms with Gasteiger partial charge in [0, 0.05) is 6.42 Å². The maximum Gasteiger partial charge on any atom is 0.344 e.